The molecule has 0 radical (unpaired) electrons. The van der Waals surface area contributed by atoms with E-state index in [4.69, 9.17) is 15.2 Å². The SMILES string of the molecule is COc1cc(C)c(C(N)CCN(C)C)cc1OC. The summed E-state index contributed by atoms with van der Waals surface area (Å²) in [6.07, 6.45) is 0.920. The van der Waals surface area contributed by atoms with Gasteiger partial charge >= 0.3 is 0 Å². The van der Waals surface area contributed by atoms with Crippen molar-refractivity contribution in [3.8, 4) is 11.5 Å². The maximum atomic E-state index is 6.24. The highest BCUT2D eigenvalue weighted by atomic mass is 16.5. The van der Waals surface area contributed by atoms with Crippen LogP contribution in [-0.4, -0.2) is 39.8 Å². The summed E-state index contributed by atoms with van der Waals surface area (Å²) in [6.45, 7) is 3.02. The van der Waals surface area contributed by atoms with Crippen molar-refractivity contribution in [3.05, 3.63) is 23.3 Å². The molecular weight excluding hydrogens is 228 g/mol. The van der Waals surface area contributed by atoms with Gasteiger partial charge in [-0.05, 0) is 57.2 Å². The average Bonchev–Trinajstić information content (AvgIpc) is 2.35. The Morgan fingerprint density at radius 1 is 1.17 bits per heavy atom. The van der Waals surface area contributed by atoms with Crippen LogP contribution < -0.4 is 15.2 Å². The third-order valence-electron chi connectivity index (χ3n) is 3.06. The minimum Gasteiger partial charge on any atom is -0.493 e. The van der Waals surface area contributed by atoms with Crippen molar-refractivity contribution in [1.29, 1.82) is 0 Å². The summed E-state index contributed by atoms with van der Waals surface area (Å²) in [5.74, 6) is 1.48. The van der Waals surface area contributed by atoms with E-state index in [9.17, 15) is 0 Å². The molecule has 1 aromatic rings. The number of benzene rings is 1. The Kier molecular flexibility index (Phi) is 5.44. The highest BCUT2D eigenvalue weighted by Crippen LogP contribution is 2.33. The third-order valence-corrected chi connectivity index (χ3v) is 3.06. The van der Waals surface area contributed by atoms with Gasteiger partial charge in [-0.25, -0.2) is 0 Å². The fourth-order valence-corrected chi connectivity index (χ4v) is 1.95. The Labute approximate surface area is 110 Å². The van der Waals surface area contributed by atoms with Crippen LogP contribution in [0.4, 0.5) is 0 Å². The Balaban J connectivity index is 2.94. The van der Waals surface area contributed by atoms with Crippen LogP contribution in [0, 0.1) is 6.92 Å². The Morgan fingerprint density at radius 2 is 1.72 bits per heavy atom. The van der Waals surface area contributed by atoms with E-state index in [2.05, 4.69) is 4.90 Å². The number of ether oxygens (including phenoxy) is 2. The second-order valence-corrected chi connectivity index (χ2v) is 4.76. The number of hydrogen-bond acceptors (Lipinski definition) is 4. The van der Waals surface area contributed by atoms with Gasteiger partial charge in [0.2, 0.25) is 0 Å². The van der Waals surface area contributed by atoms with Crippen LogP contribution in [0.25, 0.3) is 0 Å². The fourth-order valence-electron chi connectivity index (χ4n) is 1.95. The Hall–Kier alpha value is -1.26. The monoisotopic (exact) mass is 252 g/mol. The van der Waals surface area contributed by atoms with E-state index >= 15 is 0 Å². The largest absolute Gasteiger partial charge is 0.493 e. The molecule has 0 aromatic heterocycles. The molecule has 1 aromatic carbocycles. The van der Waals surface area contributed by atoms with Gasteiger partial charge in [0.05, 0.1) is 14.2 Å². The zero-order valence-electron chi connectivity index (χ0n) is 12.0. The molecule has 1 unspecified atom stereocenters. The maximum Gasteiger partial charge on any atom is 0.161 e. The zero-order chi connectivity index (χ0) is 13.7. The smallest absolute Gasteiger partial charge is 0.161 e. The van der Waals surface area contributed by atoms with Gasteiger partial charge in [0.1, 0.15) is 0 Å². The first-order valence-electron chi connectivity index (χ1n) is 6.12. The molecule has 1 atom stereocenters. The molecule has 4 heteroatoms. The van der Waals surface area contributed by atoms with Crippen molar-refractivity contribution < 1.29 is 9.47 Å². The Morgan fingerprint density at radius 3 is 2.22 bits per heavy atom. The van der Waals surface area contributed by atoms with E-state index in [0.29, 0.717) is 0 Å². The molecular formula is C14H24N2O2. The molecule has 1 rings (SSSR count). The second-order valence-electron chi connectivity index (χ2n) is 4.76. The molecule has 0 amide bonds. The molecule has 0 heterocycles. The van der Waals surface area contributed by atoms with Crippen molar-refractivity contribution in [1.82, 2.24) is 4.90 Å². The minimum atomic E-state index is 0.0206. The lowest BCUT2D eigenvalue weighted by Gasteiger charge is -2.19. The quantitative estimate of drug-likeness (QED) is 0.841. The maximum absolute atomic E-state index is 6.24. The van der Waals surface area contributed by atoms with Crippen LogP contribution >= 0.6 is 0 Å². The standard InChI is InChI=1S/C14H24N2O2/c1-10-8-13(17-4)14(18-5)9-11(10)12(15)6-7-16(2)3/h8-9,12H,6-7,15H2,1-5H3. The van der Waals surface area contributed by atoms with Crippen molar-refractivity contribution in [2.24, 2.45) is 5.73 Å². The molecule has 2 N–H and O–H groups in total. The molecule has 0 aliphatic rings. The van der Waals surface area contributed by atoms with Crippen LogP contribution in [0.2, 0.25) is 0 Å². The lowest BCUT2D eigenvalue weighted by molar-refractivity contribution is 0.352. The van der Waals surface area contributed by atoms with Crippen LogP contribution in [0.1, 0.15) is 23.6 Å². The zero-order valence-corrected chi connectivity index (χ0v) is 12.0. The number of aryl methyl sites for hydroxylation is 1. The number of methoxy groups -OCH3 is 2. The lowest BCUT2D eigenvalue weighted by atomic mass is 9.98. The second kappa shape index (κ2) is 6.61. The van der Waals surface area contributed by atoms with Crippen molar-refractivity contribution in [2.75, 3.05) is 34.9 Å². The summed E-state index contributed by atoms with van der Waals surface area (Å²) in [5, 5.41) is 0. The number of hydrogen-bond donors (Lipinski definition) is 1. The van der Waals surface area contributed by atoms with Crippen LogP contribution in [0.5, 0.6) is 11.5 Å². The number of nitrogens with two attached hydrogens (primary N) is 1. The summed E-state index contributed by atoms with van der Waals surface area (Å²) >= 11 is 0. The van der Waals surface area contributed by atoms with E-state index in [1.54, 1.807) is 14.2 Å². The van der Waals surface area contributed by atoms with Gasteiger partial charge in [-0.2, -0.15) is 0 Å². The third kappa shape index (κ3) is 3.62. The lowest BCUT2D eigenvalue weighted by Crippen LogP contribution is -2.20. The molecule has 0 saturated heterocycles. The molecule has 0 bridgehead atoms. The molecule has 0 spiro atoms. The molecule has 0 aliphatic carbocycles. The molecule has 18 heavy (non-hydrogen) atoms. The van der Waals surface area contributed by atoms with Gasteiger partial charge in [-0.15, -0.1) is 0 Å². The number of rotatable bonds is 6. The topological polar surface area (TPSA) is 47.7 Å². The molecule has 0 aliphatic heterocycles. The first-order chi connectivity index (χ1) is 8.49. The fraction of sp³-hybridized carbons (Fsp3) is 0.571. The van der Waals surface area contributed by atoms with E-state index in [1.165, 1.54) is 0 Å². The summed E-state index contributed by atoms with van der Waals surface area (Å²) in [5.41, 5.74) is 8.49. The van der Waals surface area contributed by atoms with Crippen molar-refractivity contribution in [2.45, 2.75) is 19.4 Å². The van der Waals surface area contributed by atoms with Crippen LogP contribution in [0.3, 0.4) is 0 Å². The predicted molar refractivity (Wildman–Crippen MR) is 74.4 cm³/mol. The van der Waals surface area contributed by atoms with Gasteiger partial charge in [-0.1, -0.05) is 0 Å². The van der Waals surface area contributed by atoms with Crippen molar-refractivity contribution >= 4 is 0 Å². The van der Waals surface area contributed by atoms with E-state index in [-0.39, 0.29) is 6.04 Å². The highest BCUT2D eigenvalue weighted by molar-refractivity contribution is 5.48. The van der Waals surface area contributed by atoms with Gasteiger partial charge in [-0.3, -0.25) is 0 Å². The summed E-state index contributed by atoms with van der Waals surface area (Å²) in [7, 11) is 7.38. The minimum absolute atomic E-state index is 0.0206. The molecule has 4 nitrogen and oxygen atoms in total. The van der Waals surface area contributed by atoms with Gasteiger partial charge < -0.3 is 20.1 Å². The summed E-state index contributed by atoms with van der Waals surface area (Å²) < 4.78 is 10.6. The molecule has 0 fully saturated rings. The Bertz CT molecular complexity index is 392. The van der Waals surface area contributed by atoms with Gasteiger partial charge in [0.25, 0.3) is 0 Å². The normalized spacial score (nSPS) is 12.6. The first-order valence-corrected chi connectivity index (χ1v) is 6.12. The van der Waals surface area contributed by atoms with Gasteiger partial charge in [0, 0.05) is 6.04 Å². The summed E-state index contributed by atoms with van der Waals surface area (Å²) in [4.78, 5) is 2.13. The van der Waals surface area contributed by atoms with Crippen LogP contribution in [0.15, 0.2) is 12.1 Å². The van der Waals surface area contributed by atoms with Gasteiger partial charge in [0.15, 0.2) is 11.5 Å². The first kappa shape index (κ1) is 14.8. The average molecular weight is 252 g/mol. The van der Waals surface area contributed by atoms with E-state index < -0.39 is 0 Å². The molecule has 0 saturated carbocycles. The summed E-state index contributed by atoms with van der Waals surface area (Å²) in [6, 6.07) is 3.98. The van der Waals surface area contributed by atoms with Crippen molar-refractivity contribution in [3.63, 3.8) is 0 Å². The highest BCUT2D eigenvalue weighted by Gasteiger charge is 2.14. The number of nitrogens with zero attached hydrogens (tertiary/aromatic N) is 1. The van der Waals surface area contributed by atoms with Crippen LogP contribution in [-0.2, 0) is 0 Å². The van der Waals surface area contributed by atoms with E-state index in [1.807, 2.05) is 33.2 Å². The molecule has 102 valence electrons. The van der Waals surface area contributed by atoms with E-state index in [0.717, 1.165) is 35.6 Å². The predicted octanol–water partition coefficient (Wildman–Crippen LogP) is 1.96.